The number of nitrogens with zero attached hydrogens (tertiary/aromatic N) is 1. The lowest BCUT2D eigenvalue weighted by atomic mass is 9.94. The summed E-state index contributed by atoms with van der Waals surface area (Å²) in [6, 6.07) is 0. The minimum absolute atomic E-state index is 0.0302. The Bertz CT molecular complexity index is 328. The predicted molar refractivity (Wildman–Crippen MR) is 61.7 cm³/mol. The molecule has 2 atom stereocenters. The molecule has 1 aliphatic rings. The molecule has 7 heteroatoms. The molecule has 1 rings (SSSR count). The van der Waals surface area contributed by atoms with Gasteiger partial charge in [-0.2, -0.15) is 0 Å². The standard InChI is InChI=1S/C11H18N2O5/c12-4-7-2-1-3-8(7)11(18)13(5-9(14)15)6-10(16)17/h7-8H,1-6,12H2,(H,14,15)(H,16,17). The lowest BCUT2D eigenvalue weighted by Crippen LogP contribution is -2.44. The van der Waals surface area contributed by atoms with E-state index >= 15 is 0 Å². The van der Waals surface area contributed by atoms with Gasteiger partial charge < -0.3 is 20.8 Å². The molecular weight excluding hydrogens is 240 g/mol. The first-order valence-electron chi connectivity index (χ1n) is 5.88. The van der Waals surface area contributed by atoms with Crippen molar-refractivity contribution in [1.82, 2.24) is 4.90 Å². The number of carboxylic acids is 2. The summed E-state index contributed by atoms with van der Waals surface area (Å²) < 4.78 is 0. The Balaban J connectivity index is 2.74. The number of aliphatic carboxylic acids is 2. The molecule has 7 nitrogen and oxygen atoms in total. The average molecular weight is 258 g/mol. The molecular formula is C11H18N2O5. The largest absolute Gasteiger partial charge is 0.480 e. The van der Waals surface area contributed by atoms with E-state index in [9.17, 15) is 14.4 Å². The highest BCUT2D eigenvalue weighted by atomic mass is 16.4. The van der Waals surface area contributed by atoms with Gasteiger partial charge in [0.25, 0.3) is 0 Å². The van der Waals surface area contributed by atoms with E-state index in [1.54, 1.807) is 0 Å². The van der Waals surface area contributed by atoms with Crippen LogP contribution >= 0.6 is 0 Å². The Kier molecular flexibility index (Phi) is 5.08. The summed E-state index contributed by atoms with van der Waals surface area (Å²) in [6.07, 6.45) is 2.35. The molecule has 0 heterocycles. The van der Waals surface area contributed by atoms with Crippen molar-refractivity contribution in [1.29, 1.82) is 0 Å². The fourth-order valence-corrected chi connectivity index (χ4v) is 2.42. The van der Waals surface area contributed by atoms with Crippen molar-refractivity contribution >= 4 is 17.8 Å². The number of nitrogens with two attached hydrogens (primary N) is 1. The Morgan fingerprint density at radius 3 is 2.11 bits per heavy atom. The van der Waals surface area contributed by atoms with Gasteiger partial charge in [-0.05, 0) is 25.3 Å². The van der Waals surface area contributed by atoms with Crippen LogP contribution in [0.2, 0.25) is 0 Å². The smallest absolute Gasteiger partial charge is 0.323 e. The minimum Gasteiger partial charge on any atom is -0.480 e. The quantitative estimate of drug-likeness (QED) is 0.582. The first-order valence-corrected chi connectivity index (χ1v) is 5.88. The number of carbonyl (C=O) groups is 3. The molecule has 1 fully saturated rings. The average Bonchev–Trinajstić information content (AvgIpc) is 2.73. The maximum Gasteiger partial charge on any atom is 0.323 e. The van der Waals surface area contributed by atoms with Gasteiger partial charge in [-0.15, -0.1) is 0 Å². The molecule has 1 saturated carbocycles. The lowest BCUT2D eigenvalue weighted by Gasteiger charge is -2.25. The molecule has 2 unspecified atom stereocenters. The number of hydrogen-bond acceptors (Lipinski definition) is 4. The molecule has 0 spiro atoms. The van der Waals surface area contributed by atoms with Crippen molar-refractivity contribution < 1.29 is 24.6 Å². The van der Waals surface area contributed by atoms with Gasteiger partial charge in [0.1, 0.15) is 13.1 Å². The van der Waals surface area contributed by atoms with Crippen molar-refractivity contribution in [3.8, 4) is 0 Å². The Morgan fingerprint density at radius 2 is 1.67 bits per heavy atom. The van der Waals surface area contributed by atoms with Crippen LogP contribution in [0.25, 0.3) is 0 Å². The van der Waals surface area contributed by atoms with Crippen molar-refractivity contribution in [2.75, 3.05) is 19.6 Å². The van der Waals surface area contributed by atoms with E-state index in [1.165, 1.54) is 0 Å². The van der Waals surface area contributed by atoms with Crippen LogP contribution < -0.4 is 5.73 Å². The van der Waals surface area contributed by atoms with E-state index in [0.29, 0.717) is 13.0 Å². The van der Waals surface area contributed by atoms with Gasteiger partial charge in [0.05, 0.1) is 0 Å². The summed E-state index contributed by atoms with van der Waals surface area (Å²) in [5.74, 6) is -3.15. The SMILES string of the molecule is NCC1CCCC1C(=O)N(CC(=O)O)CC(=O)O. The fraction of sp³-hybridized carbons (Fsp3) is 0.727. The van der Waals surface area contributed by atoms with Crippen LogP contribution in [0.3, 0.4) is 0 Å². The number of carboxylic acid groups (broad SMARTS) is 2. The Morgan fingerprint density at radius 1 is 1.11 bits per heavy atom. The molecule has 0 radical (unpaired) electrons. The van der Waals surface area contributed by atoms with Gasteiger partial charge >= 0.3 is 11.9 Å². The number of carbonyl (C=O) groups excluding carboxylic acids is 1. The van der Waals surface area contributed by atoms with E-state index in [0.717, 1.165) is 17.7 Å². The summed E-state index contributed by atoms with van der Waals surface area (Å²) >= 11 is 0. The second-order valence-corrected chi connectivity index (χ2v) is 4.51. The Labute approximate surface area is 105 Å². The molecule has 102 valence electrons. The molecule has 0 aromatic carbocycles. The van der Waals surface area contributed by atoms with Crippen molar-refractivity contribution in [3.63, 3.8) is 0 Å². The van der Waals surface area contributed by atoms with Crippen LogP contribution in [0.15, 0.2) is 0 Å². The summed E-state index contributed by atoms with van der Waals surface area (Å²) in [5.41, 5.74) is 5.56. The van der Waals surface area contributed by atoms with Crippen LogP contribution in [0.5, 0.6) is 0 Å². The van der Waals surface area contributed by atoms with Crippen molar-refractivity contribution in [3.05, 3.63) is 0 Å². The van der Waals surface area contributed by atoms with Crippen LogP contribution in [0, 0.1) is 11.8 Å². The van der Waals surface area contributed by atoms with Crippen LogP contribution in [0.4, 0.5) is 0 Å². The van der Waals surface area contributed by atoms with E-state index in [1.807, 2.05) is 0 Å². The maximum absolute atomic E-state index is 12.1. The topological polar surface area (TPSA) is 121 Å². The molecule has 0 aromatic heterocycles. The van der Waals surface area contributed by atoms with E-state index < -0.39 is 30.9 Å². The van der Waals surface area contributed by atoms with Crippen molar-refractivity contribution in [2.45, 2.75) is 19.3 Å². The lowest BCUT2D eigenvalue weighted by molar-refractivity contribution is -0.151. The summed E-state index contributed by atoms with van der Waals surface area (Å²) in [7, 11) is 0. The third kappa shape index (κ3) is 3.69. The molecule has 18 heavy (non-hydrogen) atoms. The second kappa shape index (κ2) is 6.34. The second-order valence-electron chi connectivity index (χ2n) is 4.51. The first kappa shape index (κ1) is 14.4. The first-order chi connectivity index (χ1) is 8.45. The predicted octanol–water partition coefficient (Wildman–Crippen LogP) is -0.641. The molecule has 4 N–H and O–H groups in total. The van der Waals surface area contributed by atoms with Crippen LogP contribution in [-0.4, -0.2) is 52.6 Å². The molecule has 1 amide bonds. The zero-order valence-corrected chi connectivity index (χ0v) is 10.0. The number of rotatable bonds is 6. The summed E-state index contributed by atoms with van der Waals surface area (Å²) in [5, 5.41) is 17.4. The van der Waals surface area contributed by atoms with Crippen LogP contribution in [0.1, 0.15) is 19.3 Å². The maximum atomic E-state index is 12.1. The van der Waals surface area contributed by atoms with Crippen LogP contribution in [-0.2, 0) is 14.4 Å². The number of amides is 1. The fourth-order valence-electron chi connectivity index (χ4n) is 2.42. The highest BCUT2D eigenvalue weighted by Gasteiger charge is 2.35. The van der Waals surface area contributed by atoms with Gasteiger partial charge in [-0.3, -0.25) is 14.4 Å². The minimum atomic E-state index is -1.22. The van der Waals surface area contributed by atoms with Gasteiger partial charge in [-0.1, -0.05) is 6.42 Å². The Hall–Kier alpha value is -1.63. The molecule has 0 saturated heterocycles. The molecule has 0 aromatic rings. The van der Waals surface area contributed by atoms with Gasteiger partial charge in [0.2, 0.25) is 5.91 Å². The summed E-state index contributed by atoms with van der Waals surface area (Å²) in [4.78, 5) is 34.3. The van der Waals surface area contributed by atoms with Gasteiger partial charge in [0.15, 0.2) is 0 Å². The zero-order chi connectivity index (χ0) is 13.7. The van der Waals surface area contributed by atoms with Gasteiger partial charge in [0, 0.05) is 5.92 Å². The van der Waals surface area contributed by atoms with E-state index in [-0.39, 0.29) is 11.8 Å². The third-order valence-electron chi connectivity index (χ3n) is 3.24. The molecule has 1 aliphatic carbocycles. The van der Waals surface area contributed by atoms with Gasteiger partial charge in [-0.25, -0.2) is 0 Å². The van der Waals surface area contributed by atoms with Crippen molar-refractivity contribution in [2.24, 2.45) is 17.6 Å². The highest BCUT2D eigenvalue weighted by Crippen LogP contribution is 2.32. The molecule has 0 aliphatic heterocycles. The molecule has 0 bridgehead atoms. The normalized spacial score (nSPS) is 22.7. The number of hydrogen-bond donors (Lipinski definition) is 3. The third-order valence-corrected chi connectivity index (χ3v) is 3.24. The highest BCUT2D eigenvalue weighted by molar-refractivity contribution is 5.86. The summed E-state index contributed by atoms with van der Waals surface area (Å²) in [6.45, 7) is -0.803. The van der Waals surface area contributed by atoms with E-state index in [4.69, 9.17) is 15.9 Å². The monoisotopic (exact) mass is 258 g/mol. The van der Waals surface area contributed by atoms with E-state index in [2.05, 4.69) is 0 Å². The zero-order valence-electron chi connectivity index (χ0n) is 10.0.